The second-order valence-electron chi connectivity index (χ2n) is 6.58. The molecule has 1 fully saturated rings. The molecule has 1 heterocycles. The summed E-state index contributed by atoms with van der Waals surface area (Å²) in [6, 6.07) is 16.3. The summed E-state index contributed by atoms with van der Waals surface area (Å²) >= 11 is 0. The summed E-state index contributed by atoms with van der Waals surface area (Å²) < 4.78 is 10.6. The first-order valence-electron chi connectivity index (χ1n) is 8.92. The Bertz CT molecular complexity index is 748. The Balaban J connectivity index is 1.63. The molecule has 5 nitrogen and oxygen atoms in total. The molecule has 0 N–H and O–H groups in total. The number of para-hydroxylation sites is 1. The third kappa shape index (κ3) is 3.93. The van der Waals surface area contributed by atoms with Gasteiger partial charge in [0.1, 0.15) is 0 Å². The van der Waals surface area contributed by atoms with E-state index in [4.69, 9.17) is 9.47 Å². The van der Waals surface area contributed by atoms with Crippen LogP contribution in [0.5, 0.6) is 11.5 Å². The zero-order valence-electron chi connectivity index (χ0n) is 15.6. The van der Waals surface area contributed by atoms with Gasteiger partial charge in [0.15, 0.2) is 11.5 Å². The third-order valence-electron chi connectivity index (χ3n) is 4.87. The minimum absolute atomic E-state index is 0.150. The summed E-state index contributed by atoms with van der Waals surface area (Å²) in [7, 11) is 3.21. The number of rotatable bonds is 5. The third-order valence-corrected chi connectivity index (χ3v) is 4.87. The number of hydrogen-bond acceptors (Lipinski definition) is 4. The van der Waals surface area contributed by atoms with Crippen molar-refractivity contribution in [2.75, 3.05) is 38.8 Å². The first-order valence-corrected chi connectivity index (χ1v) is 8.92. The maximum absolute atomic E-state index is 12.7. The molecule has 1 aliphatic rings. The number of methoxy groups -OCH3 is 2. The van der Waals surface area contributed by atoms with Crippen molar-refractivity contribution in [2.24, 2.45) is 0 Å². The number of ether oxygens (including phenoxy) is 2. The van der Waals surface area contributed by atoms with Crippen LogP contribution in [0.15, 0.2) is 48.5 Å². The lowest BCUT2D eigenvalue weighted by Crippen LogP contribution is -2.54. The maximum Gasteiger partial charge on any atom is 0.227 e. The maximum atomic E-state index is 12.7. The number of nitrogens with zero attached hydrogens (tertiary/aromatic N) is 2. The lowest BCUT2D eigenvalue weighted by molar-refractivity contribution is -0.131. The molecule has 0 aromatic heterocycles. The van der Waals surface area contributed by atoms with Crippen LogP contribution in [-0.4, -0.2) is 50.7 Å². The molecule has 5 heteroatoms. The number of amides is 1. The van der Waals surface area contributed by atoms with Gasteiger partial charge in [-0.15, -0.1) is 0 Å². The molecule has 0 radical (unpaired) electrons. The van der Waals surface area contributed by atoms with Gasteiger partial charge in [0.2, 0.25) is 5.91 Å². The van der Waals surface area contributed by atoms with Gasteiger partial charge in [-0.05, 0) is 36.8 Å². The van der Waals surface area contributed by atoms with Crippen molar-refractivity contribution in [1.82, 2.24) is 4.90 Å². The van der Waals surface area contributed by atoms with E-state index in [1.54, 1.807) is 14.2 Å². The first kappa shape index (κ1) is 18.1. The first-order chi connectivity index (χ1) is 12.6. The highest BCUT2D eigenvalue weighted by Crippen LogP contribution is 2.28. The van der Waals surface area contributed by atoms with Gasteiger partial charge < -0.3 is 19.3 Å². The molecule has 2 aromatic carbocycles. The Morgan fingerprint density at radius 2 is 1.77 bits per heavy atom. The van der Waals surface area contributed by atoms with E-state index in [0.717, 1.165) is 25.2 Å². The second kappa shape index (κ2) is 8.13. The van der Waals surface area contributed by atoms with E-state index >= 15 is 0 Å². The average Bonchev–Trinajstić information content (AvgIpc) is 2.68. The Morgan fingerprint density at radius 3 is 2.42 bits per heavy atom. The molecule has 1 atom stereocenters. The predicted molar refractivity (Wildman–Crippen MR) is 103 cm³/mol. The Hall–Kier alpha value is -2.69. The summed E-state index contributed by atoms with van der Waals surface area (Å²) in [5, 5.41) is 0. The van der Waals surface area contributed by atoms with Gasteiger partial charge in [0, 0.05) is 31.4 Å². The standard InChI is InChI=1S/C21H26N2O3/c1-16-15-22(11-12-23(16)18-7-5-4-6-8-18)21(24)14-17-9-10-19(25-2)20(13-17)26-3/h4-10,13,16H,11-12,14-15H2,1-3H3. The molecule has 138 valence electrons. The van der Waals surface area contributed by atoms with Crippen LogP contribution in [-0.2, 0) is 11.2 Å². The van der Waals surface area contributed by atoms with E-state index in [1.165, 1.54) is 5.69 Å². The van der Waals surface area contributed by atoms with Crippen LogP contribution in [0.3, 0.4) is 0 Å². The van der Waals surface area contributed by atoms with Crippen molar-refractivity contribution < 1.29 is 14.3 Å². The molecule has 2 aromatic rings. The highest BCUT2D eigenvalue weighted by atomic mass is 16.5. The smallest absolute Gasteiger partial charge is 0.227 e. The summed E-state index contributed by atoms with van der Waals surface area (Å²) in [6.45, 7) is 4.50. The van der Waals surface area contributed by atoms with Crippen molar-refractivity contribution in [3.63, 3.8) is 0 Å². The average molecular weight is 354 g/mol. The van der Waals surface area contributed by atoms with E-state index in [0.29, 0.717) is 24.0 Å². The largest absolute Gasteiger partial charge is 0.493 e. The molecule has 0 aliphatic carbocycles. The van der Waals surface area contributed by atoms with Gasteiger partial charge >= 0.3 is 0 Å². The van der Waals surface area contributed by atoms with Crippen LogP contribution in [0.25, 0.3) is 0 Å². The monoisotopic (exact) mass is 354 g/mol. The van der Waals surface area contributed by atoms with Crippen molar-refractivity contribution in [1.29, 1.82) is 0 Å². The minimum atomic E-state index is 0.150. The predicted octanol–water partition coefficient (Wildman–Crippen LogP) is 2.98. The van der Waals surface area contributed by atoms with Gasteiger partial charge in [-0.25, -0.2) is 0 Å². The molecule has 26 heavy (non-hydrogen) atoms. The van der Waals surface area contributed by atoms with Crippen LogP contribution in [0, 0.1) is 0 Å². The number of anilines is 1. The molecule has 1 amide bonds. The van der Waals surface area contributed by atoms with Crippen LogP contribution in [0.1, 0.15) is 12.5 Å². The van der Waals surface area contributed by atoms with E-state index in [-0.39, 0.29) is 5.91 Å². The highest BCUT2D eigenvalue weighted by molar-refractivity contribution is 5.79. The van der Waals surface area contributed by atoms with Crippen molar-refractivity contribution in [2.45, 2.75) is 19.4 Å². The Kier molecular flexibility index (Phi) is 5.66. The summed E-state index contributed by atoms with van der Waals surface area (Å²) in [5.41, 5.74) is 2.15. The topological polar surface area (TPSA) is 42.0 Å². The van der Waals surface area contributed by atoms with Gasteiger partial charge in [0.25, 0.3) is 0 Å². The van der Waals surface area contributed by atoms with Gasteiger partial charge in [0.05, 0.1) is 20.6 Å². The van der Waals surface area contributed by atoms with Crippen molar-refractivity contribution >= 4 is 11.6 Å². The molecular weight excluding hydrogens is 328 g/mol. The van der Waals surface area contributed by atoms with Crippen LogP contribution in [0.2, 0.25) is 0 Å². The fraction of sp³-hybridized carbons (Fsp3) is 0.381. The SMILES string of the molecule is COc1ccc(CC(=O)N2CCN(c3ccccc3)C(C)C2)cc1OC. The van der Waals surface area contributed by atoms with E-state index < -0.39 is 0 Å². The second-order valence-corrected chi connectivity index (χ2v) is 6.58. The minimum Gasteiger partial charge on any atom is -0.493 e. The number of carbonyl (C=O) groups is 1. The van der Waals surface area contributed by atoms with Crippen LogP contribution >= 0.6 is 0 Å². The molecule has 0 saturated carbocycles. The Labute approximate surface area is 155 Å². The molecule has 0 bridgehead atoms. The molecule has 0 spiro atoms. The van der Waals surface area contributed by atoms with Gasteiger partial charge in [-0.3, -0.25) is 4.79 Å². The van der Waals surface area contributed by atoms with Crippen molar-refractivity contribution in [3.8, 4) is 11.5 Å². The van der Waals surface area contributed by atoms with E-state index in [1.807, 2.05) is 29.2 Å². The number of benzene rings is 2. The Morgan fingerprint density at radius 1 is 1.04 bits per heavy atom. The lowest BCUT2D eigenvalue weighted by Gasteiger charge is -2.41. The zero-order chi connectivity index (χ0) is 18.5. The van der Waals surface area contributed by atoms with Gasteiger partial charge in [-0.2, -0.15) is 0 Å². The normalized spacial score (nSPS) is 17.1. The molecular formula is C21H26N2O3. The van der Waals surface area contributed by atoms with Crippen LogP contribution in [0.4, 0.5) is 5.69 Å². The number of hydrogen-bond donors (Lipinski definition) is 0. The quantitative estimate of drug-likeness (QED) is 0.828. The summed E-state index contributed by atoms with van der Waals surface area (Å²) in [5.74, 6) is 1.48. The number of piperazine rings is 1. The van der Waals surface area contributed by atoms with Crippen molar-refractivity contribution in [3.05, 3.63) is 54.1 Å². The van der Waals surface area contributed by atoms with Crippen LogP contribution < -0.4 is 14.4 Å². The van der Waals surface area contributed by atoms with E-state index in [9.17, 15) is 4.79 Å². The molecule has 3 rings (SSSR count). The molecule has 1 aliphatic heterocycles. The highest BCUT2D eigenvalue weighted by Gasteiger charge is 2.26. The fourth-order valence-electron chi connectivity index (χ4n) is 3.46. The van der Waals surface area contributed by atoms with Gasteiger partial charge in [-0.1, -0.05) is 24.3 Å². The lowest BCUT2D eigenvalue weighted by atomic mass is 10.1. The van der Waals surface area contributed by atoms with E-state index in [2.05, 4.69) is 36.1 Å². The zero-order valence-corrected chi connectivity index (χ0v) is 15.6. The fourth-order valence-corrected chi connectivity index (χ4v) is 3.46. The summed E-state index contributed by atoms with van der Waals surface area (Å²) in [6.07, 6.45) is 0.373. The molecule has 1 saturated heterocycles. The molecule has 1 unspecified atom stereocenters. The number of carbonyl (C=O) groups excluding carboxylic acids is 1. The summed E-state index contributed by atoms with van der Waals surface area (Å²) in [4.78, 5) is 17.1.